The number of hydrogen-bond acceptors (Lipinski definition) is 1. The molecule has 1 rings (SSSR count). The normalized spacial score (nSPS) is 25.3. The van der Waals surface area contributed by atoms with E-state index in [4.69, 9.17) is 0 Å². The van der Waals surface area contributed by atoms with Crippen molar-refractivity contribution in [1.29, 1.82) is 0 Å². The fourth-order valence-corrected chi connectivity index (χ4v) is 0.854. The molecule has 1 fully saturated rings. The average Bonchev–Trinajstić information content (AvgIpc) is 1.69. The highest BCUT2D eigenvalue weighted by Gasteiger charge is 1.92. The van der Waals surface area contributed by atoms with E-state index in [1.54, 1.807) is 5.92 Å². The van der Waals surface area contributed by atoms with Gasteiger partial charge in [-0.15, -0.1) is 0 Å². The maximum Gasteiger partial charge on any atom is -0.0319 e. The summed E-state index contributed by atoms with van der Waals surface area (Å²) in [7, 11) is 0. The highest BCUT2D eigenvalue weighted by atomic mass is 14.9. The molecule has 0 aromatic rings. The Bertz CT molecular complexity index is 46.1. The van der Waals surface area contributed by atoms with Gasteiger partial charge >= 0.3 is 0 Å². The summed E-state index contributed by atoms with van der Waals surface area (Å²) in [6, 6.07) is 0. The molecule has 0 aliphatic carbocycles. The van der Waals surface area contributed by atoms with Crippen molar-refractivity contribution >= 4 is 0 Å². The molecule has 0 saturated carbocycles. The van der Waals surface area contributed by atoms with E-state index < -0.39 is 0 Å². The van der Waals surface area contributed by atoms with Gasteiger partial charge in [-0.25, -0.2) is 0 Å². The van der Waals surface area contributed by atoms with E-state index in [-0.39, 0.29) is 0 Å². The van der Waals surface area contributed by atoms with Crippen LogP contribution in [0.25, 0.3) is 0 Å². The predicted octanol–water partition coefficient (Wildman–Crippen LogP) is 0.964. The quantitative estimate of drug-likeness (QED) is 0.445. The van der Waals surface area contributed by atoms with Crippen LogP contribution in [0.15, 0.2) is 0 Å². The van der Waals surface area contributed by atoms with Crippen LogP contribution in [0.4, 0.5) is 0 Å². The molecule has 0 atom stereocenters. The largest absolute Gasteiger partial charge is 0.322 e. The lowest BCUT2D eigenvalue weighted by atomic mass is 10.0. The maximum atomic E-state index is 3.29. The minimum absolute atomic E-state index is 1.20. The van der Waals surface area contributed by atoms with Crippen LogP contribution < -0.4 is 5.32 Å². The molecule has 1 N–H and O–H groups in total. The van der Waals surface area contributed by atoms with Crippen molar-refractivity contribution in [3.8, 4) is 0 Å². The molecule has 0 bridgehead atoms. The zero-order valence-corrected chi connectivity index (χ0v) is 4.83. The van der Waals surface area contributed by atoms with Gasteiger partial charge in [0.05, 0.1) is 0 Å². The summed E-state index contributed by atoms with van der Waals surface area (Å²) in [6.07, 6.45) is 2.58. The summed E-state index contributed by atoms with van der Waals surface area (Å²) >= 11 is 0. The van der Waals surface area contributed by atoms with Crippen LogP contribution in [0.1, 0.15) is 19.8 Å². The third-order valence-electron chi connectivity index (χ3n) is 1.46. The highest BCUT2D eigenvalue weighted by molar-refractivity contribution is 4.88. The molecule has 0 amide bonds. The lowest BCUT2D eigenvalue weighted by Crippen LogP contribution is -2.25. The summed E-state index contributed by atoms with van der Waals surface area (Å²) in [4.78, 5) is 0. The third-order valence-corrected chi connectivity index (χ3v) is 1.46. The zero-order chi connectivity index (χ0) is 5.11. The smallest absolute Gasteiger partial charge is 0.0319 e. The Morgan fingerprint density at radius 3 is 2.14 bits per heavy atom. The fraction of sp³-hybridized carbons (Fsp3) is 0.833. The molecule has 1 saturated heterocycles. The number of piperidine rings is 1. The van der Waals surface area contributed by atoms with Gasteiger partial charge in [-0.2, -0.15) is 19.8 Å². The van der Waals surface area contributed by atoms with E-state index in [0.29, 0.717) is 0 Å². The standard InChI is InChI=1S/C6H12N/c1-6-2-4-7-5-3-6/h7H,2-5H2,1H3/q-1. The zero-order valence-electron chi connectivity index (χ0n) is 4.83. The van der Waals surface area contributed by atoms with Gasteiger partial charge in [0, 0.05) is 0 Å². The van der Waals surface area contributed by atoms with Gasteiger partial charge in [0.15, 0.2) is 0 Å². The van der Waals surface area contributed by atoms with Crippen LogP contribution >= 0.6 is 0 Å². The number of rotatable bonds is 0. The maximum absolute atomic E-state index is 3.29. The molecular formula is C6H12N-. The van der Waals surface area contributed by atoms with Gasteiger partial charge in [0.25, 0.3) is 0 Å². The van der Waals surface area contributed by atoms with E-state index in [2.05, 4.69) is 12.2 Å². The van der Waals surface area contributed by atoms with E-state index in [0.717, 1.165) is 0 Å². The Morgan fingerprint density at radius 2 is 1.86 bits per heavy atom. The van der Waals surface area contributed by atoms with E-state index in [1.807, 2.05) is 0 Å². The molecular weight excluding hydrogens is 86.1 g/mol. The Hall–Kier alpha value is -0.0400. The monoisotopic (exact) mass is 98.1 g/mol. The minimum atomic E-state index is 1.20. The van der Waals surface area contributed by atoms with Crippen molar-refractivity contribution < 1.29 is 0 Å². The first-order chi connectivity index (χ1) is 3.39. The molecule has 0 aromatic heterocycles. The van der Waals surface area contributed by atoms with E-state index in [1.165, 1.54) is 25.9 Å². The number of hydrogen-bond donors (Lipinski definition) is 1. The summed E-state index contributed by atoms with van der Waals surface area (Å²) < 4.78 is 0. The molecule has 1 nitrogen and oxygen atoms in total. The molecule has 0 spiro atoms. The predicted molar refractivity (Wildman–Crippen MR) is 31.0 cm³/mol. The molecule has 1 heteroatoms. The Morgan fingerprint density at radius 1 is 1.29 bits per heavy atom. The minimum Gasteiger partial charge on any atom is -0.322 e. The molecule has 7 heavy (non-hydrogen) atoms. The third kappa shape index (κ3) is 1.48. The Balaban J connectivity index is 2.12. The van der Waals surface area contributed by atoms with E-state index in [9.17, 15) is 0 Å². The fourth-order valence-electron chi connectivity index (χ4n) is 0.854. The van der Waals surface area contributed by atoms with Crippen molar-refractivity contribution in [2.75, 3.05) is 13.1 Å². The van der Waals surface area contributed by atoms with E-state index >= 15 is 0 Å². The summed E-state index contributed by atoms with van der Waals surface area (Å²) in [5.41, 5.74) is 0. The second-order valence-corrected chi connectivity index (χ2v) is 2.21. The highest BCUT2D eigenvalue weighted by Crippen LogP contribution is 2.10. The summed E-state index contributed by atoms with van der Waals surface area (Å²) in [5.74, 6) is 1.65. The van der Waals surface area contributed by atoms with Crippen LogP contribution in [-0.2, 0) is 0 Å². The second kappa shape index (κ2) is 2.31. The van der Waals surface area contributed by atoms with Gasteiger partial charge in [-0.3, -0.25) is 0 Å². The Kier molecular flexibility index (Phi) is 1.69. The molecule has 0 radical (unpaired) electrons. The van der Waals surface area contributed by atoms with Crippen LogP contribution in [0.5, 0.6) is 0 Å². The van der Waals surface area contributed by atoms with Crippen molar-refractivity contribution in [2.24, 2.45) is 0 Å². The van der Waals surface area contributed by atoms with Crippen LogP contribution in [-0.4, -0.2) is 13.1 Å². The van der Waals surface area contributed by atoms with Gasteiger partial charge in [0.1, 0.15) is 0 Å². The SMILES string of the molecule is C[C-]1CCNCC1. The molecule has 0 unspecified atom stereocenters. The van der Waals surface area contributed by atoms with Crippen LogP contribution in [0.2, 0.25) is 0 Å². The molecule has 0 aromatic carbocycles. The van der Waals surface area contributed by atoms with Crippen LogP contribution in [0, 0.1) is 5.92 Å². The second-order valence-electron chi connectivity index (χ2n) is 2.21. The molecule has 42 valence electrons. The lowest BCUT2D eigenvalue weighted by molar-refractivity contribution is 0.553. The molecule has 1 aliphatic heterocycles. The first-order valence-electron chi connectivity index (χ1n) is 2.91. The lowest BCUT2D eigenvalue weighted by Gasteiger charge is -2.29. The van der Waals surface area contributed by atoms with Gasteiger partial charge in [0.2, 0.25) is 0 Å². The van der Waals surface area contributed by atoms with Gasteiger partial charge in [-0.05, 0) is 13.1 Å². The van der Waals surface area contributed by atoms with Crippen molar-refractivity contribution in [2.45, 2.75) is 19.8 Å². The Labute approximate surface area is 45.1 Å². The van der Waals surface area contributed by atoms with Crippen molar-refractivity contribution in [1.82, 2.24) is 5.32 Å². The molecule has 1 heterocycles. The molecule has 1 aliphatic rings. The topological polar surface area (TPSA) is 12.0 Å². The first kappa shape index (κ1) is 5.10. The summed E-state index contributed by atoms with van der Waals surface area (Å²) in [6.45, 7) is 4.64. The van der Waals surface area contributed by atoms with Crippen molar-refractivity contribution in [3.05, 3.63) is 5.92 Å². The average molecular weight is 98.2 g/mol. The number of nitrogens with one attached hydrogen (secondary N) is 1. The van der Waals surface area contributed by atoms with Crippen molar-refractivity contribution in [3.63, 3.8) is 0 Å². The first-order valence-corrected chi connectivity index (χ1v) is 2.91. The van der Waals surface area contributed by atoms with Gasteiger partial charge in [-0.1, -0.05) is 0 Å². The van der Waals surface area contributed by atoms with Crippen LogP contribution in [0.3, 0.4) is 0 Å². The summed E-state index contributed by atoms with van der Waals surface area (Å²) in [5, 5.41) is 3.29. The van der Waals surface area contributed by atoms with Gasteiger partial charge < -0.3 is 11.2 Å².